The standard InChI is InChI=1S/C9H9NO4/c11-9(6-7-10(12)13)14-8-4-2-1-3-5-8/h1-5H,6-7H2. The molecule has 0 unspecified atom stereocenters. The molecule has 5 heteroatoms. The Kier molecular flexibility index (Phi) is 3.60. The lowest BCUT2D eigenvalue weighted by atomic mass is 10.3. The number of ether oxygens (including phenoxy) is 1. The van der Waals surface area contributed by atoms with Gasteiger partial charge in [-0.1, -0.05) is 18.2 Å². The SMILES string of the molecule is O=C(CC[N+](=O)[O-])Oc1ccccc1. The van der Waals surface area contributed by atoms with Gasteiger partial charge < -0.3 is 4.74 Å². The molecule has 0 atom stereocenters. The van der Waals surface area contributed by atoms with Crippen LogP contribution in [0.15, 0.2) is 30.3 Å². The first kappa shape index (κ1) is 10.2. The molecule has 0 bridgehead atoms. The second-order valence-electron chi connectivity index (χ2n) is 2.59. The molecule has 14 heavy (non-hydrogen) atoms. The summed E-state index contributed by atoms with van der Waals surface area (Å²) in [5.74, 6) is -0.186. The van der Waals surface area contributed by atoms with Crippen LogP contribution in [0.4, 0.5) is 0 Å². The first-order valence-corrected chi connectivity index (χ1v) is 4.06. The monoisotopic (exact) mass is 195 g/mol. The molecule has 0 saturated carbocycles. The Morgan fingerprint density at radius 3 is 2.57 bits per heavy atom. The van der Waals surface area contributed by atoms with Gasteiger partial charge in [0.05, 0.1) is 0 Å². The summed E-state index contributed by atoms with van der Waals surface area (Å²) in [6.07, 6.45) is -0.206. The van der Waals surface area contributed by atoms with Crippen molar-refractivity contribution >= 4 is 5.97 Å². The fraction of sp³-hybridized carbons (Fsp3) is 0.222. The fourth-order valence-electron chi connectivity index (χ4n) is 0.854. The van der Waals surface area contributed by atoms with Crippen molar-refractivity contribution in [2.75, 3.05) is 6.54 Å². The van der Waals surface area contributed by atoms with E-state index in [-0.39, 0.29) is 6.42 Å². The molecule has 0 amide bonds. The summed E-state index contributed by atoms with van der Waals surface area (Å²) in [5.41, 5.74) is 0. The number of nitro groups is 1. The minimum Gasteiger partial charge on any atom is -0.426 e. The minimum atomic E-state index is -0.590. The lowest BCUT2D eigenvalue weighted by Crippen LogP contribution is -2.13. The maximum absolute atomic E-state index is 11.0. The van der Waals surface area contributed by atoms with Gasteiger partial charge in [0.2, 0.25) is 6.54 Å². The molecular formula is C9H9NO4. The van der Waals surface area contributed by atoms with Crippen LogP contribution < -0.4 is 4.74 Å². The zero-order valence-electron chi connectivity index (χ0n) is 7.38. The lowest BCUT2D eigenvalue weighted by Gasteiger charge is -2.00. The highest BCUT2D eigenvalue weighted by molar-refractivity contribution is 5.72. The van der Waals surface area contributed by atoms with Gasteiger partial charge in [0.25, 0.3) is 0 Å². The van der Waals surface area contributed by atoms with Gasteiger partial charge in [0.1, 0.15) is 12.2 Å². The van der Waals surface area contributed by atoms with Crippen LogP contribution in [0.2, 0.25) is 0 Å². The molecule has 0 aliphatic heterocycles. The van der Waals surface area contributed by atoms with E-state index in [1.54, 1.807) is 30.3 Å². The fourth-order valence-corrected chi connectivity index (χ4v) is 0.854. The number of rotatable bonds is 4. The Morgan fingerprint density at radius 1 is 1.36 bits per heavy atom. The summed E-state index contributed by atoms with van der Waals surface area (Å²) in [5, 5.41) is 9.95. The molecule has 0 saturated heterocycles. The molecule has 0 aliphatic rings. The van der Waals surface area contributed by atoms with Gasteiger partial charge in [0, 0.05) is 4.92 Å². The van der Waals surface area contributed by atoms with E-state index in [0.717, 1.165) is 0 Å². The third kappa shape index (κ3) is 3.66. The Hall–Kier alpha value is -1.91. The van der Waals surface area contributed by atoms with Gasteiger partial charge >= 0.3 is 5.97 Å². The van der Waals surface area contributed by atoms with Crippen molar-refractivity contribution in [2.45, 2.75) is 6.42 Å². The van der Waals surface area contributed by atoms with Crippen molar-refractivity contribution < 1.29 is 14.5 Å². The summed E-state index contributed by atoms with van der Waals surface area (Å²) in [6.45, 7) is -0.397. The molecule has 0 aromatic heterocycles. The number of esters is 1. The molecule has 0 fully saturated rings. The number of para-hydroxylation sites is 1. The lowest BCUT2D eigenvalue weighted by molar-refractivity contribution is -0.478. The van der Waals surface area contributed by atoms with Crippen molar-refractivity contribution in [3.05, 3.63) is 40.4 Å². The van der Waals surface area contributed by atoms with Gasteiger partial charge in [-0.15, -0.1) is 0 Å². The zero-order chi connectivity index (χ0) is 10.4. The van der Waals surface area contributed by atoms with E-state index in [0.29, 0.717) is 5.75 Å². The first-order valence-electron chi connectivity index (χ1n) is 4.06. The molecule has 0 radical (unpaired) electrons. The van der Waals surface area contributed by atoms with Gasteiger partial charge in [-0.25, -0.2) is 0 Å². The van der Waals surface area contributed by atoms with E-state index >= 15 is 0 Å². The number of hydrogen-bond acceptors (Lipinski definition) is 4. The molecule has 0 N–H and O–H groups in total. The van der Waals surface area contributed by atoms with Gasteiger partial charge in [0.15, 0.2) is 0 Å². The molecule has 1 aromatic rings. The van der Waals surface area contributed by atoms with E-state index in [1.165, 1.54) is 0 Å². The Morgan fingerprint density at radius 2 is 2.00 bits per heavy atom. The summed E-state index contributed by atoms with van der Waals surface area (Å²) in [6, 6.07) is 8.45. The van der Waals surface area contributed by atoms with Gasteiger partial charge in [-0.3, -0.25) is 14.9 Å². The predicted octanol–water partition coefficient (Wildman–Crippen LogP) is 1.26. The second kappa shape index (κ2) is 4.96. The number of benzene rings is 1. The normalized spacial score (nSPS) is 9.43. The van der Waals surface area contributed by atoms with E-state index < -0.39 is 17.4 Å². The summed E-state index contributed by atoms with van der Waals surface area (Å²) in [7, 11) is 0. The van der Waals surface area contributed by atoms with Crippen LogP contribution in [-0.4, -0.2) is 17.4 Å². The number of hydrogen-bond donors (Lipinski definition) is 0. The molecular weight excluding hydrogens is 186 g/mol. The van der Waals surface area contributed by atoms with E-state index in [1.807, 2.05) is 0 Å². The van der Waals surface area contributed by atoms with Crippen LogP contribution >= 0.6 is 0 Å². The average molecular weight is 195 g/mol. The average Bonchev–Trinajstić information content (AvgIpc) is 2.16. The van der Waals surface area contributed by atoms with Crippen LogP contribution in [0, 0.1) is 10.1 Å². The molecule has 1 rings (SSSR count). The van der Waals surface area contributed by atoms with Gasteiger partial charge in [-0.2, -0.15) is 0 Å². The third-order valence-corrected chi connectivity index (χ3v) is 1.47. The highest BCUT2D eigenvalue weighted by Crippen LogP contribution is 2.08. The van der Waals surface area contributed by atoms with Crippen LogP contribution in [0.1, 0.15) is 6.42 Å². The first-order chi connectivity index (χ1) is 6.68. The summed E-state index contributed by atoms with van der Waals surface area (Å²) >= 11 is 0. The van der Waals surface area contributed by atoms with Crippen molar-refractivity contribution in [3.63, 3.8) is 0 Å². The third-order valence-electron chi connectivity index (χ3n) is 1.47. The van der Waals surface area contributed by atoms with E-state index in [2.05, 4.69) is 0 Å². The number of carbonyl (C=O) groups is 1. The van der Waals surface area contributed by atoms with Crippen LogP contribution in [-0.2, 0) is 4.79 Å². The van der Waals surface area contributed by atoms with Gasteiger partial charge in [-0.05, 0) is 12.1 Å². The number of nitrogens with zero attached hydrogens (tertiary/aromatic N) is 1. The second-order valence-corrected chi connectivity index (χ2v) is 2.59. The Labute approximate surface area is 80.5 Å². The Balaban J connectivity index is 2.38. The molecule has 0 spiro atoms. The summed E-state index contributed by atoms with van der Waals surface area (Å²) < 4.78 is 4.82. The predicted molar refractivity (Wildman–Crippen MR) is 48.6 cm³/mol. The molecule has 1 aromatic carbocycles. The van der Waals surface area contributed by atoms with Crippen molar-refractivity contribution in [1.29, 1.82) is 0 Å². The van der Waals surface area contributed by atoms with Crippen LogP contribution in [0.25, 0.3) is 0 Å². The molecule has 0 heterocycles. The number of carbonyl (C=O) groups excluding carboxylic acids is 1. The maximum atomic E-state index is 11.0. The topological polar surface area (TPSA) is 69.4 Å². The van der Waals surface area contributed by atoms with Crippen LogP contribution in [0.5, 0.6) is 5.75 Å². The highest BCUT2D eigenvalue weighted by Gasteiger charge is 2.08. The van der Waals surface area contributed by atoms with E-state index in [9.17, 15) is 14.9 Å². The minimum absolute atomic E-state index is 0.206. The van der Waals surface area contributed by atoms with Crippen molar-refractivity contribution in [1.82, 2.24) is 0 Å². The smallest absolute Gasteiger partial charge is 0.317 e. The Bertz CT molecular complexity index is 323. The zero-order valence-corrected chi connectivity index (χ0v) is 7.38. The summed E-state index contributed by atoms with van der Waals surface area (Å²) in [4.78, 5) is 20.4. The van der Waals surface area contributed by atoms with Crippen molar-refractivity contribution in [2.24, 2.45) is 0 Å². The largest absolute Gasteiger partial charge is 0.426 e. The molecule has 5 nitrogen and oxygen atoms in total. The molecule has 74 valence electrons. The van der Waals surface area contributed by atoms with Crippen molar-refractivity contribution in [3.8, 4) is 5.75 Å². The van der Waals surface area contributed by atoms with E-state index in [4.69, 9.17) is 4.74 Å². The maximum Gasteiger partial charge on any atom is 0.317 e. The quantitative estimate of drug-likeness (QED) is 0.314. The van der Waals surface area contributed by atoms with Crippen LogP contribution in [0.3, 0.4) is 0 Å². The molecule has 0 aliphatic carbocycles. The highest BCUT2D eigenvalue weighted by atomic mass is 16.6.